The molecule has 1 heterocycles. The predicted octanol–water partition coefficient (Wildman–Crippen LogP) is 2.84. The van der Waals surface area contributed by atoms with Gasteiger partial charge in [0.1, 0.15) is 11.9 Å². The van der Waals surface area contributed by atoms with Gasteiger partial charge in [-0.2, -0.15) is 0 Å². The summed E-state index contributed by atoms with van der Waals surface area (Å²) >= 11 is 3.47. The van der Waals surface area contributed by atoms with Gasteiger partial charge in [-0.05, 0) is 28.1 Å². The first-order chi connectivity index (χ1) is 8.16. The molecule has 1 fully saturated rings. The van der Waals surface area contributed by atoms with Crippen LogP contribution in [0.1, 0.15) is 19.8 Å². The van der Waals surface area contributed by atoms with Gasteiger partial charge in [0.15, 0.2) is 0 Å². The predicted molar refractivity (Wildman–Crippen MR) is 70.0 cm³/mol. The monoisotopic (exact) mass is 297 g/mol. The number of piperidine rings is 1. The smallest absolute Gasteiger partial charge is 0.219 e. The molecule has 0 aliphatic carbocycles. The molecule has 3 nitrogen and oxygen atoms in total. The van der Waals surface area contributed by atoms with Crippen molar-refractivity contribution in [2.75, 3.05) is 13.1 Å². The van der Waals surface area contributed by atoms with Gasteiger partial charge in [0.2, 0.25) is 5.91 Å². The number of likely N-dealkylation sites (tertiary alicyclic amines) is 1. The lowest BCUT2D eigenvalue weighted by Gasteiger charge is -2.31. The number of rotatable bonds is 2. The summed E-state index contributed by atoms with van der Waals surface area (Å²) in [6, 6.07) is 7.86. The molecule has 1 saturated heterocycles. The van der Waals surface area contributed by atoms with Gasteiger partial charge in [-0.1, -0.05) is 12.1 Å². The Bertz CT molecular complexity index is 400. The maximum absolute atomic E-state index is 11.2. The summed E-state index contributed by atoms with van der Waals surface area (Å²) in [6.45, 7) is 3.21. The van der Waals surface area contributed by atoms with Gasteiger partial charge in [0, 0.05) is 32.9 Å². The van der Waals surface area contributed by atoms with Gasteiger partial charge in [0.05, 0.1) is 4.47 Å². The molecule has 4 heteroatoms. The molecule has 0 atom stereocenters. The topological polar surface area (TPSA) is 29.5 Å². The molecule has 0 N–H and O–H groups in total. The van der Waals surface area contributed by atoms with Gasteiger partial charge in [-0.15, -0.1) is 0 Å². The van der Waals surface area contributed by atoms with Gasteiger partial charge in [0.25, 0.3) is 0 Å². The second-order valence-electron chi connectivity index (χ2n) is 4.25. The molecule has 1 amide bonds. The number of halogens is 1. The van der Waals surface area contributed by atoms with Crippen LogP contribution in [0.15, 0.2) is 28.7 Å². The van der Waals surface area contributed by atoms with Crippen LogP contribution in [0.3, 0.4) is 0 Å². The summed E-state index contributed by atoms with van der Waals surface area (Å²) in [5, 5.41) is 0. The van der Waals surface area contributed by atoms with E-state index in [1.807, 2.05) is 29.2 Å². The minimum Gasteiger partial charge on any atom is -0.489 e. The van der Waals surface area contributed by atoms with Crippen molar-refractivity contribution in [3.05, 3.63) is 28.7 Å². The highest BCUT2D eigenvalue weighted by molar-refractivity contribution is 9.10. The van der Waals surface area contributed by atoms with E-state index in [0.717, 1.165) is 36.2 Å². The van der Waals surface area contributed by atoms with Crippen LogP contribution < -0.4 is 4.74 Å². The van der Waals surface area contributed by atoms with Gasteiger partial charge >= 0.3 is 0 Å². The summed E-state index contributed by atoms with van der Waals surface area (Å²) in [6.07, 6.45) is 2.02. The third kappa shape index (κ3) is 3.22. The summed E-state index contributed by atoms with van der Waals surface area (Å²) < 4.78 is 6.91. The normalized spacial score (nSPS) is 16.9. The fourth-order valence-corrected chi connectivity index (χ4v) is 2.39. The van der Waals surface area contributed by atoms with Crippen LogP contribution in [0.5, 0.6) is 5.75 Å². The Morgan fingerprint density at radius 3 is 2.59 bits per heavy atom. The lowest BCUT2D eigenvalue weighted by Crippen LogP contribution is -2.40. The highest BCUT2D eigenvalue weighted by Gasteiger charge is 2.22. The molecule has 0 bridgehead atoms. The van der Waals surface area contributed by atoms with Crippen molar-refractivity contribution in [3.8, 4) is 5.75 Å². The van der Waals surface area contributed by atoms with Crippen molar-refractivity contribution in [3.63, 3.8) is 0 Å². The van der Waals surface area contributed by atoms with Gasteiger partial charge < -0.3 is 9.64 Å². The van der Waals surface area contributed by atoms with E-state index in [1.165, 1.54) is 0 Å². The molecule has 1 aromatic carbocycles. The standard InChI is InChI=1S/C13H16BrNO2/c1-10(16)15-8-6-11(7-9-15)17-13-5-3-2-4-12(13)14/h2-5,11H,6-9H2,1H3. The number of amides is 1. The SMILES string of the molecule is CC(=O)N1CCC(Oc2ccccc2Br)CC1. The van der Waals surface area contributed by atoms with Crippen molar-refractivity contribution >= 4 is 21.8 Å². The van der Waals surface area contributed by atoms with E-state index in [1.54, 1.807) is 6.92 Å². The molecule has 17 heavy (non-hydrogen) atoms. The van der Waals surface area contributed by atoms with Crippen molar-refractivity contribution in [2.45, 2.75) is 25.9 Å². The Hall–Kier alpha value is -1.03. The number of benzene rings is 1. The van der Waals surface area contributed by atoms with Crippen molar-refractivity contribution in [1.82, 2.24) is 4.90 Å². The maximum atomic E-state index is 11.2. The largest absolute Gasteiger partial charge is 0.489 e. The average Bonchev–Trinajstić information content (AvgIpc) is 2.33. The lowest BCUT2D eigenvalue weighted by atomic mass is 10.1. The quantitative estimate of drug-likeness (QED) is 0.840. The fourth-order valence-electron chi connectivity index (χ4n) is 2.01. The van der Waals surface area contributed by atoms with E-state index < -0.39 is 0 Å². The van der Waals surface area contributed by atoms with Crippen LogP contribution >= 0.6 is 15.9 Å². The Kier molecular flexibility index (Phi) is 4.05. The highest BCUT2D eigenvalue weighted by atomic mass is 79.9. The van der Waals surface area contributed by atoms with Crippen molar-refractivity contribution in [2.24, 2.45) is 0 Å². The van der Waals surface area contributed by atoms with Crippen LogP contribution in [0.2, 0.25) is 0 Å². The molecule has 0 saturated carbocycles. The first kappa shape index (κ1) is 12.4. The third-order valence-electron chi connectivity index (χ3n) is 3.02. The summed E-state index contributed by atoms with van der Waals surface area (Å²) in [5.41, 5.74) is 0. The van der Waals surface area contributed by atoms with Crippen LogP contribution in [0.4, 0.5) is 0 Å². The molecule has 1 aliphatic rings. The van der Waals surface area contributed by atoms with E-state index in [4.69, 9.17) is 4.74 Å². The zero-order chi connectivity index (χ0) is 12.3. The van der Waals surface area contributed by atoms with Crippen molar-refractivity contribution in [1.29, 1.82) is 0 Å². The highest BCUT2D eigenvalue weighted by Crippen LogP contribution is 2.27. The summed E-state index contributed by atoms with van der Waals surface area (Å²) in [5.74, 6) is 1.04. The number of hydrogen-bond acceptors (Lipinski definition) is 2. The molecule has 0 unspecified atom stereocenters. The van der Waals surface area contributed by atoms with E-state index in [9.17, 15) is 4.79 Å². The first-order valence-corrected chi connectivity index (χ1v) is 6.63. The second-order valence-corrected chi connectivity index (χ2v) is 5.11. The number of carbonyl (C=O) groups is 1. The Labute approximate surface area is 110 Å². The molecule has 0 aromatic heterocycles. The molecule has 2 rings (SSSR count). The van der Waals surface area contributed by atoms with Crippen LogP contribution in [-0.4, -0.2) is 30.0 Å². The number of ether oxygens (including phenoxy) is 1. The zero-order valence-electron chi connectivity index (χ0n) is 9.86. The van der Waals surface area contributed by atoms with Crippen LogP contribution in [-0.2, 0) is 4.79 Å². The van der Waals surface area contributed by atoms with E-state index in [-0.39, 0.29) is 12.0 Å². The molecule has 92 valence electrons. The molecular formula is C13H16BrNO2. The first-order valence-electron chi connectivity index (χ1n) is 5.83. The summed E-state index contributed by atoms with van der Waals surface area (Å²) in [4.78, 5) is 13.1. The Balaban J connectivity index is 1.90. The molecular weight excluding hydrogens is 282 g/mol. The van der Waals surface area contributed by atoms with Crippen LogP contribution in [0, 0.1) is 0 Å². The maximum Gasteiger partial charge on any atom is 0.219 e. The van der Waals surface area contributed by atoms with Crippen LogP contribution in [0.25, 0.3) is 0 Å². The minimum absolute atomic E-state index is 0.157. The number of nitrogens with zero attached hydrogens (tertiary/aromatic N) is 1. The third-order valence-corrected chi connectivity index (χ3v) is 3.67. The number of hydrogen-bond donors (Lipinski definition) is 0. The molecule has 0 spiro atoms. The summed E-state index contributed by atoms with van der Waals surface area (Å²) in [7, 11) is 0. The molecule has 0 radical (unpaired) electrons. The second kappa shape index (κ2) is 5.54. The fraction of sp³-hybridized carbons (Fsp3) is 0.462. The molecule has 1 aromatic rings. The van der Waals surface area contributed by atoms with E-state index >= 15 is 0 Å². The van der Waals surface area contributed by atoms with Crippen molar-refractivity contribution < 1.29 is 9.53 Å². The number of para-hydroxylation sites is 1. The Morgan fingerprint density at radius 1 is 1.35 bits per heavy atom. The average molecular weight is 298 g/mol. The lowest BCUT2D eigenvalue weighted by molar-refractivity contribution is -0.130. The van der Waals surface area contributed by atoms with E-state index in [2.05, 4.69) is 15.9 Å². The Morgan fingerprint density at radius 2 is 2.00 bits per heavy atom. The molecule has 1 aliphatic heterocycles. The van der Waals surface area contributed by atoms with E-state index in [0.29, 0.717) is 0 Å². The van der Waals surface area contributed by atoms with Gasteiger partial charge in [-0.3, -0.25) is 4.79 Å². The van der Waals surface area contributed by atoms with Gasteiger partial charge in [-0.25, -0.2) is 0 Å². The zero-order valence-corrected chi connectivity index (χ0v) is 11.4. The number of carbonyl (C=O) groups excluding carboxylic acids is 1. The minimum atomic E-state index is 0.157.